The highest BCUT2D eigenvalue weighted by atomic mass is 35.5. The lowest BCUT2D eigenvalue weighted by Gasteiger charge is -2.36. The van der Waals surface area contributed by atoms with Crippen LogP contribution in [0.4, 0.5) is 5.82 Å². The van der Waals surface area contributed by atoms with E-state index in [9.17, 15) is 0 Å². The van der Waals surface area contributed by atoms with Gasteiger partial charge in [-0.2, -0.15) is 0 Å². The monoisotopic (exact) mass is 309 g/mol. The van der Waals surface area contributed by atoms with Crippen molar-refractivity contribution in [2.75, 3.05) is 18.0 Å². The van der Waals surface area contributed by atoms with Crippen molar-refractivity contribution < 1.29 is 0 Å². The average Bonchev–Trinajstić information content (AvgIpc) is 2.35. The van der Waals surface area contributed by atoms with Gasteiger partial charge in [0.2, 0.25) is 0 Å². The Hall–Kier alpha value is -1.06. The van der Waals surface area contributed by atoms with Gasteiger partial charge in [-0.25, -0.2) is 4.98 Å². The largest absolute Gasteiger partial charge is 0.347 e. The highest BCUT2D eigenvalue weighted by Crippen LogP contribution is 2.29. The lowest BCUT2D eigenvalue weighted by atomic mass is 10.1. The molecule has 0 aliphatic heterocycles. The van der Waals surface area contributed by atoms with Crippen LogP contribution in [0.3, 0.4) is 0 Å². The number of nitrogens with zero attached hydrogens (tertiary/aromatic N) is 2. The van der Waals surface area contributed by atoms with Crippen LogP contribution in [-0.2, 0) is 6.54 Å². The first-order chi connectivity index (χ1) is 9.75. The summed E-state index contributed by atoms with van der Waals surface area (Å²) in [5.74, 6) is 1.45. The van der Waals surface area contributed by atoms with E-state index in [4.69, 9.17) is 11.6 Å². The maximum absolute atomic E-state index is 6.44. The second-order valence-electron chi connectivity index (χ2n) is 6.74. The van der Waals surface area contributed by atoms with Crippen LogP contribution in [0.2, 0.25) is 5.02 Å². The van der Waals surface area contributed by atoms with Gasteiger partial charge in [0.05, 0.1) is 5.02 Å². The van der Waals surface area contributed by atoms with Gasteiger partial charge in [0, 0.05) is 24.8 Å². The summed E-state index contributed by atoms with van der Waals surface area (Å²) in [7, 11) is 0. The van der Waals surface area contributed by atoms with Crippen molar-refractivity contribution in [3.8, 4) is 0 Å². The van der Waals surface area contributed by atoms with Crippen molar-refractivity contribution in [2.45, 2.75) is 46.7 Å². The summed E-state index contributed by atoms with van der Waals surface area (Å²) in [6, 6.07) is 2.00. The van der Waals surface area contributed by atoms with E-state index in [1.54, 1.807) is 0 Å². The summed E-state index contributed by atoms with van der Waals surface area (Å²) in [5.41, 5.74) is 1.05. The molecule has 0 saturated heterocycles. The molecule has 0 aliphatic carbocycles. The topological polar surface area (TPSA) is 28.2 Å². The van der Waals surface area contributed by atoms with Crippen molar-refractivity contribution in [3.63, 3.8) is 0 Å². The first kappa shape index (κ1) is 18.0. The fourth-order valence-electron chi connectivity index (χ4n) is 2.08. The van der Waals surface area contributed by atoms with Gasteiger partial charge < -0.3 is 10.2 Å². The molecule has 1 heterocycles. The number of pyridine rings is 1. The van der Waals surface area contributed by atoms with Gasteiger partial charge in [-0.3, -0.25) is 0 Å². The van der Waals surface area contributed by atoms with Crippen molar-refractivity contribution in [2.24, 2.45) is 5.92 Å². The maximum atomic E-state index is 6.44. The fourth-order valence-corrected chi connectivity index (χ4v) is 2.37. The smallest absolute Gasteiger partial charge is 0.148 e. The molecule has 3 nitrogen and oxygen atoms in total. The second-order valence-corrected chi connectivity index (χ2v) is 7.15. The summed E-state index contributed by atoms with van der Waals surface area (Å²) >= 11 is 6.44. The SMILES string of the molecule is C=CCN(c1ncc(CNCC(C)C)cc1Cl)C(C)(C)C. The molecular weight excluding hydrogens is 282 g/mol. The summed E-state index contributed by atoms with van der Waals surface area (Å²) in [6.45, 7) is 17.1. The second kappa shape index (κ2) is 7.81. The number of hydrogen-bond donors (Lipinski definition) is 1. The van der Waals surface area contributed by atoms with Crippen LogP contribution in [0.5, 0.6) is 0 Å². The number of hydrogen-bond acceptors (Lipinski definition) is 3. The minimum absolute atomic E-state index is 0.0533. The Morgan fingerprint density at radius 2 is 2.10 bits per heavy atom. The van der Waals surface area contributed by atoms with Gasteiger partial charge in [-0.05, 0) is 44.9 Å². The Morgan fingerprint density at radius 3 is 2.57 bits per heavy atom. The number of anilines is 1. The number of rotatable bonds is 7. The third kappa shape index (κ3) is 5.68. The third-order valence-corrected chi connectivity index (χ3v) is 3.42. The van der Waals surface area contributed by atoms with Crippen LogP contribution < -0.4 is 10.2 Å². The van der Waals surface area contributed by atoms with Crippen LogP contribution >= 0.6 is 11.6 Å². The summed E-state index contributed by atoms with van der Waals surface area (Å²) < 4.78 is 0. The van der Waals surface area contributed by atoms with E-state index in [2.05, 4.69) is 56.4 Å². The predicted molar refractivity (Wildman–Crippen MR) is 93.1 cm³/mol. The molecule has 1 N–H and O–H groups in total. The van der Waals surface area contributed by atoms with Gasteiger partial charge in [0.25, 0.3) is 0 Å². The van der Waals surface area contributed by atoms with Crippen molar-refractivity contribution in [1.29, 1.82) is 0 Å². The van der Waals surface area contributed by atoms with Crippen molar-refractivity contribution >= 4 is 17.4 Å². The van der Waals surface area contributed by atoms with E-state index in [0.29, 0.717) is 10.9 Å². The molecule has 118 valence electrons. The molecule has 1 rings (SSSR count). The molecule has 0 spiro atoms. The van der Waals surface area contributed by atoms with E-state index < -0.39 is 0 Å². The zero-order valence-electron chi connectivity index (χ0n) is 13.9. The van der Waals surface area contributed by atoms with Crippen LogP contribution in [-0.4, -0.2) is 23.6 Å². The molecular formula is C17H28ClN3. The lowest BCUT2D eigenvalue weighted by Crippen LogP contribution is -2.42. The van der Waals surface area contributed by atoms with Gasteiger partial charge in [-0.15, -0.1) is 6.58 Å². The van der Waals surface area contributed by atoms with Gasteiger partial charge in [0.15, 0.2) is 0 Å². The standard InChI is InChI=1S/C17H28ClN3/c1-7-8-21(17(4,5)6)16-15(18)9-14(12-20-16)11-19-10-13(2)3/h7,9,12-13,19H,1,8,10-11H2,2-6H3. The highest BCUT2D eigenvalue weighted by Gasteiger charge is 2.23. The molecule has 0 atom stereocenters. The van der Waals surface area contributed by atoms with E-state index in [1.807, 2.05) is 18.3 Å². The molecule has 4 heteroatoms. The minimum atomic E-state index is -0.0533. The van der Waals surface area contributed by atoms with Crippen LogP contribution in [0, 0.1) is 5.92 Å². The highest BCUT2D eigenvalue weighted by molar-refractivity contribution is 6.33. The molecule has 0 bridgehead atoms. The van der Waals surface area contributed by atoms with E-state index >= 15 is 0 Å². The Balaban J connectivity index is 2.87. The Kier molecular flexibility index (Phi) is 6.69. The molecule has 1 aromatic rings. The molecule has 0 amide bonds. The molecule has 1 aromatic heterocycles. The van der Waals surface area contributed by atoms with Crippen LogP contribution in [0.15, 0.2) is 24.9 Å². The van der Waals surface area contributed by atoms with Crippen molar-refractivity contribution in [3.05, 3.63) is 35.5 Å². The Morgan fingerprint density at radius 1 is 1.43 bits per heavy atom. The van der Waals surface area contributed by atoms with E-state index in [-0.39, 0.29) is 5.54 Å². The molecule has 0 aliphatic rings. The molecule has 21 heavy (non-hydrogen) atoms. The Labute approximate surface area is 134 Å². The number of nitrogens with one attached hydrogen (secondary N) is 1. The molecule has 0 saturated carbocycles. The molecule has 0 aromatic carbocycles. The number of halogens is 1. The van der Waals surface area contributed by atoms with Gasteiger partial charge in [0.1, 0.15) is 5.82 Å². The fraction of sp³-hybridized carbons (Fsp3) is 0.588. The van der Waals surface area contributed by atoms with E-state index in [1.165, 1.54) is 0 Å². The third-order valence-electron chi connectivity index (χ3n) is 3.14. The van der Waals surface area contributed by atoms with Crippen LogP contribution in [0.1, 0.15) is 40.2 Å². The zero-order valence-corrected chi connectivity index (χ0v) is 14.7. The Bertz CT molecular complexity index is 464. The van der Waals surface area contributed by atoms with Gasteiger partial charge in [-0.1, -0.05) is 31.5 Å². The normalized spacial score (nSPS) is 11.8. The lowest BCUT2D eigenvalue weighted by molar-refractivity contribution is 0.517. The van der Waals surface area contributed by atoms with Gasteiger partial charge >= 0.3 is 0 Å². The maximum Gasteiger partial charge on any atom is 0.148 e. The molecule has 0 radical (unpaired) electrons. The first-order valence-corrected chi connectivity index (χ1v) is 7.87. The number of aromatic nitrogens is 1. The quantitative estimate of drug-likeness (QED) is 0.762. The predicted octanol–water partition coefficient (Wildman–Crippen LogP) is 4.27. The summed E-state index contributed by atoms with van der Waals surface area (Å²) in [5, 5.41) is 4.09. The summed E-state index contributed by atoms with van der Waals surface area (Å²) in [6.07, 6.45) is 3.78. The molecule has 0 fully saturated rings. The summed E-state index contributed by atoms with van der Waals surface area (Å²) in [4.78, 5) is 6.73. The first-order valence-electron chi connectivity index (χ1n) is 7.49. The van der Waals surface area contributed by atoms with Crippen molar-refractivity contribution in [1.82, 2.24) is 10.3 Å². The zero-order chi connectivity index (χ0) is 16.0. The average molecular weight is 310 g/mol. The van der Waals surface area contributed by atoms with Crippen LogP contribution in [0.25, 0.3) is 0 Å². The van der Waals surface area contributed by atoms with E-state index in [0.717, 1.165) is 31.0 Å². The minimum Gasteiger partial charge on any atom is -0.347 e. The molecule has 0 unspecified atom stereocenters.